The van der Waals surface area contributed by atoms with Gasteiger partial charge in [-0.1, -0.05) is 6.07 Å². The number of benzene rings is 3. The number of nitrogens with one attached hydrogen (secondary N) is 2. The van der Waals surface area contributed by atoms with E-state index in [4.69, 9.17) is 9.47 Å². The van der Waals surface area contributed by atoms with Crippen LogP contribution in [-0.2, 0) is 14.8 Å². The van der Waals surface area contributed by atoms with E-state index in [1.165, 1.54) is 12.1 Å². The maximum atomic E-state index is 13.6. The van der Waals surface area contributed by atoms with Crippen molar-refractivity contribution in [1.82, 2.24) is 0 Å². The number of carbonyl (C=O) groups is 1. The molecule has 2 N–H and O–H groups in total. The van der Waals surface area contributed by atoms with Crippen LogP contribution in [0.4, 0.5) is 20.2 Å². The van der Waals surface area contributed by atoms with E-state index in [9.17, 15) is 22.0 Å². The summed E-state index contributed by atoms with van der Waals surface area (Å²) in [4.78, 5) is 12.1. The van der Waals surface area contributed by atoms with Gasteiger partial charge in [-0.2, -0.15) is 0 Å². The maximum Gasteiger partial charge on any atom is 0.262 e. The number of anilines is 2. The lowest BCUT2D eigenvalue weighted by atomic mass is 10.2. The first-order valence-corrected chi connectivity index (χ1v) is 11.4. The molecule has 174 valence electrons. The van der Waals surface area contributed by atoms with Crippen molar-refractivity contribution < 1.29 is 31.5 Å². The second-order valence-electron chi connectivity index (χ2n) is 6.95. The molecule has 7 nitrogen and oxygen atoms in total. The number of amides is 1. The molecular weight excluding hydrogens is 454 g/mol. The molecule has 0 bridgehead atoms. The van der Waals surface area contributed by atoms with Gasteiger partial charge in [0.05, 0.1) is 11.5 Å². The summed E-state index contributed by atoms with van der Waals surface area (Å²) in [5.41, 5.74) is 1.03. The molecule has 3 aromatic rings. The predicted molar refractivity (Wildman–Crippen MR) is 120 cm³/mol. The summed E-state index contributed by atoms with van der Waals surface area (Å²) in [6.07, 6.45) is 0. The van der Waals surface area contributed by atoms with Crippen molar-refractivity contribution in [2.45, 2.75) is 18.7 Å². The third kappa shape index (κ3) is 6.42. The van der Waals surface area contributed by atoms with Crippen molar-refractivity contribution in [3.05, 3.63) is 77.9 Å². The Morgan fingerprint density at radius 2 is 1.64 bits per heavy atom. The molecule has 0 fully saturated rings. The highest BCUT2D eigenvalue weighted by molar-refractivity contribution is 7.92. The van der Waals surface area contributed by atoms with Gasteiger partial charge in [-0.15, -0.1) is 0 Å². The molecule has 0 heterocycles. The van der Waals surface area contributed by atoms with Gasteiger partial charge in [0.15, 0.2) is 18.2 Å². The molecule has 0 spiro atoms. The van der Waals surface area contributed by atoms with Gasteiger partial charge in [0.1, 0.15) is 11.6 Å². The molecule has 0 aliphatic carbocycles. The number of carbonyl (C=O) groups excluding carboxylic acids is 1. The van der Waals surface area contributed by atoms with E-state index in [0.717, 1.165) is 12.1 Å². The third-order valence-electron chi connectivity index (χ3n) is 4.43. The first kappa shape index (κ1) is 24.0. The second-order valence-corrected chi connectivity index (χ2v) is 8.61. The average molecular weight is 477 g/mol. The number of hydrogen-bond donors (Lipinski definition) is 2. The fourth-order valence-electron chi connectivity index (χ4n) is 2.90. The van der Waals surface area contributed by atoms with Gasteiger partial charge >= 0.3 is 0 Å². The van der Waals surface area contributed by atoms with Crippen molar-refractivity contribution >= 4 is 27.3 Å². The molecule has 0 saturated heterocycles. The van der Waals surface area contributed by atoms with E-state index in [1.807, 2.05) is 6.92 Å². The van der Waals surface area contributed by atoms with Crippen LogP contribution in [0.3, 0.4) is 0 Å². The van der Waals surface area contributed by atoms with Crippen LogP contribution < -0.4 is 19.5 Å². The summed E-state index contributed by atoms with van der Waals surface area (Å²) in [5.74, 6) is -2.02. The van der Waals surface area contributed by atoms with Crippen LogP contribution in [0.1, 0.15) is 12.5 Å². The zero-order valence-corrected chi connectivity index (χ0v) is 18.7. The maximum absolute atomic E-state index is 13.6. The zero-order chi connectivity index (χ0) is 24.0. The first-order valence-electron chi connectivity index (χ1n) is 9.92. The van der Waals surface area contributed by atoms with Gasteiger partial charge in [0, 0.05) is 17.4 Å². The Morgan fingerprint density at radius 3 is 2.30 bits per heavy atom. The van der Waals surface area contributed by atoms with Crippen LogP contribution in [0.5, 0.6) is 11.5 Å². The smallest absolute Gasteiger partial charge is 0.262 e. The molecular formula is C23H22F2N2O5S. The molecule has 33 heavy (non-hydrogen) atoms. The van der Waals surface area contributed by atoms with E-state index in [2.05, 4.69) is 10.0 Å². The van der Waals surface area contributed by atoms with Crippen LogP contribution in [0.25, 0.3) is 0 Å². The zero-order valence-electron chi connectivity index (χ0n) is 17.9. The lowest BCUT2D eigenvalue weighted by Crippen LogP contribution is -2.21. The summed E-state index contributed by atoms with van der Waals surface area (Å²) in [5, 5.41) is 2.50. The van der Waals surface area contributed by atoms with Gasteiger partial charge in [-0.25, -0.2) is 17.2 Å². The lowest BCUT2D eigenvalue weighted by molar-refractivity contribution is -0.118. The minimum atomic E-state index is -3.95. The van der Waals surface area contributed by atoms with E-state index in [0.29, 0.717) is 29.7 Å². The molecule has 3 aromatic carbocycles. The summed E-state index contributed by atoms with van der Waals surface area (Å²) >= 11 is 0. The van der Waals surface area contributed by atoms with Gasteiger partial charge in [-0.05, 0) is 67.9 Å². The minimum Gasteiger partial charge on any atom is -0.494 e. The van der Waals surface area contributed by atoms with Crippen LogP contribution >= 0.6 is 0 Å². The van der Waals surface area contributed by atoms with Crippen LogP contribution in [0.2, 0.25) is 0 Å². The van der Waals surface area contributed by atoms with Crippen LogP contribution in [0.15, 0.2) is 65.6 Å². The fraction of sp³-hybridized carbons (Fsp3) is 0.174. The van der Waals surface area contributed by atoms with Gasteiger partial charge < -0.3 is 14.8 Å². The Labute approximate surface area is 190 Å². The van der Waals surface area contributed by atoms with Crippen molar-refractivity contribution in [3.63, 3.8) is 0 Å². The molecule has 3 rings (SSSR count). The van der Waals surface area contributed by atoms with Gasteiger partial charge in [0.2, 0.25) is 0 Å². The Kier molecular flexibility index (Phi) is 7.49. The molecule has 10 heteroatoms. The highest BCUT2D eigenvalue weighted by atomic mass is 32.2. The number of hydrogen-bond acceptors (Lipinski definition) is 5. The van der Waals surface area contributed by atoms with E-state index in [-0.39, 0.29) is 16.3 Å². The molecule has 0 atom stereocenters. The molecule has 0 aliphatic heterocycles. The highest BCUT2D eigenvalue weighted by Crippen LogP contribution is 2.24. The number of rotatable bonds is 9. The number of sulfonamides is 1. The predicted octanol–water partition coefficient (Wildman–Crippen LogP) is 4.49. The summed E-state index contributed by atoms with van der Waals surface area (Å²) in [7, 11) is -3.95. The van der Waals surface area contributed by atoms with Crippen molar-refractivity contribution in [3.8, 4) is 11.5 Å². The first-order chi connectivity index (χ1) is 15.7. The van der Waals surface area contributed by atoms with Crippen LogP contribution in [0, 0.1) is 18.6 Å². The highest BCUT2D eigenvalue weighted by Gasteiger charge is 2.18. The molecule has 0 saturated carbocycles. The van der Waals surface area contributed by atoms with Crippen molar-refractivity contribution in [2.24, 2.45) is 0 Å². The van der Waals surface area contributed by atoms with Crippen molar-refractivity contribution in [2.75, 3.05) is 23.3 Å². The fourth-order valence-corrected chi connectivity index (χ4v) is 4.23. The molecule has 0 aromatic heterocycles. The molecule has 1 amide bonds. The monoisotopic (exact) mass is 476 g/mol. The summed E-state index contributed by atoms with van der Waals surface area (Å²) in [6.45, 7) is 3.41. The number of aryl methyl sites for hydroxylation is 1. The number of ether oxygens (including phenoxy) is 2. The number of halogens is 2. The largest absolute Gasteiger partial charge is 0.494 e. The van der Waals surface area contributed by atoms with Crippen LogP contribution in [-0.4, -0.2) is 27.5 Å². The summed E-state index contributed by atoms with van der Waals surface area (Å²) in [6, 6.07) is 13.6. The average Bonchev–Trinajstić information content (AvgIpc) is 2.76. The normalized spacial score (nSPS) is 11.0. The third-order valence-corrected chi connectivity index (χ3v) is 5.95. The van der Waals surface area contributed by atoms with Gasteiger partial charge in [-0.3, -0.25) is 9.52 Å². The SMILES string of the molecule is CCOc1ccc(NS(=O)(=O)c2cc(NC(=O)COc3ccc(F)cc3F)ccc2C)cc1. The Bertz CT molecular complexity index is 1250. The topological polar surface area (TPSA) is 93.7 Å². The standard InChI is InChI=1S/C23H22F2N2O5S/c1-3-31-19-9-7-17(8-10-19)27-33(29,30)22-13-18(6-4-15(22)2)26-23(28)14-32-21-11-5-16(24)12-20(21)25/h4-13,27H,3,14H2,1-2H3,(H,26,28). The Balaban J connectivity index is 1.69. The molecule has 0 unspecified atom stereocenters. The van der Waals surface area contributed by atoms with Crippen molar-refractivity contribution in [1.29, 1.82) is 0 Å². The molecule has 0 radical (unpaired) electrons. The van der Waals surface area contributed by atoms with E-state index >= 15 is 0 Å². The van der Waals surface area contributed by atoms with E-state index in [1.54, 1.807) is 37.3 Å². The Hall–Kier alpha value is -3.66. The summed E-state index contributed by atoms with van der Waals surface area (Å²) < 4.78 is 65.3. The van der Waals surface area contributed by atoms with E-state index < -0.39 is 34.2 Å². The lowest BCUT2D eigenvalue weighted by Gasteiger charge is -2.13. The Morgan fingerprint density at radius 1 is 0.939 bits per heavy atom. The van der Waals surface area contributed by atoms with Gasteiger partial charge in [0.25, 0.3) is 15.9 Å². The minimum absolute atomic E-state index is 0.0281. The second kappa shape index (κ2) is 10.3. The molecule has 0 aliphatic rings. The quantitative estimate of drug-likeness (QED) is 0.475.